The van der Waals surface area contributed by atoms with Crippen molar-refractivity contribution in [2.24, 2.45) is 0 Å². The zero-order valence-corrected chi connectivity index (χ0v) is 35.6. The molecule has 0 aliphatic carbocycles. The average Bonchev–Trinajstić information content (AvgIpc) is 3.14. The molecule has 0 rings (SSSR count). The van der Waals surface area contributed by atoms with Crippen molar-refractivity contribution in [3.63, 3.8) is 0 Å². The van der Waals surface area contributed by atoms with Crippen molar-refractivity contribution in [1.29, 1.82) is 0 Å². The lowest BCUT2D eigenvalue weighted by molar-refractivity contribution is -0.889. The van der Waals surface area contributed by atoms with Gasteiger partial charge in [0.2, 0.25) is 0 Å². The highest BCUT2D eigenvalue weighted by molar-refractivity contribution is 5.70. The first kappa shape index (κ1) is 51.8. The summed E-state index contributed by atoms with van der Waals surface area (Å²) >= 11 is 0. The van der Waals surface area contributed by atoms with Crippen molar-refractivity contribution in [2.45, 2.75) is 167 Å². The zero-order chi connectivity index (χ0) is 40.7. The van der Waals surface area contributed by atoms with E-state index in [1.165, 1.54) is 57.8 Å². The van der Waals surface area contributed by atoms with Gasteiger partial charge in [-0.2, -0.15) is 0 Å². The number of rotatable bonds is 37. The summed E-state index contributed by atoms with van der Waals surface area (Å²) in [6, 6.07) is -0.739. The molecule has 2 unspecified atom stereocenters. The van der Waals surface area contributed by atoms with Crippen LogP contribution in [0.2, 0.25) is 0 Å². The van der Waals surface area contributed by atoms with Crippen molar-refractivity contribution in [3.05, 3.63) is 72.9 Å². The predicted octanol–water partition coefficient (Wildman–Crippen LogP) is 10.2. The van der Waals surface area contributed by atoms with Crippen LogP contribution in [-0.2, 0) is 28.6 Å². The van der Waals surface area contributed by atoms with Crippen molar-refractivity contribution < 1.29 is 38.2 Å². The van der Waals surface area contributed by atoms with Gasteiger partial charge in [0.1, 0.15) is 12.6 Å². The molecule has 0 spiro atoms. The van der Waals surface area contributed by atoms with E-state index in [9.17, 15) is 19.5 Å². The molecular weight excluding hydrogens is 691 g/mol. The SMILES string of the molecule is CC/C=C/C/C=C/C/C=C/C/C=C/C/C=C/CCC(=O)OCC(COCCC(C(=O)[O-])[N+](C)(C)C)OC(=O)CCCCCCCCC/C=C/CCCCCC. The third kappa shape index (κ3) is 36.2. The maximum atomic E-state index is 12.7. The fourth-order valence-electron chi connectivity index (χ4n) is 5.76. The van der Waals surface area contributed by atoms with E-state index >= 15 is 0 Å². The number of carbonyl (C=O) groups is 3. The van der Waals surface area contributed by atoms with E-state index in [0.29, 0.717) is 12.8 Å². The summed E-state index contributed by atoms with van der Waals surface area (Å²) in [7, 11) is 5.37. The Balaban J connectivity index is 4.49. The molecule has 0 aliphatic heterocycles. The molecule has 0 aliphatic rings. The van der Waals surface area contributed by atoms with E-state index in [0.717, 1.165) is 57.8 Å². The third-order valence-corrected chi connectivity index (χ3v) is 9.09. The number of ether oxygens (including phenoxy) is 3. The van der Waals surface area contributed by atoms with E-state index in [-0.39, 0.29) is 49.1 Å². The van der Waals surface area contributed by atoms with Gasteiger partial charge < -0.3 is 28.6 Å². The predicted molar refractivity (Wildman–Crippen MR) is 226 cm³/mol. The monoisotopic (exact) mass is 770 g/mol. The molecule has 0 saturated heterocycles. The third-order valence-electron chi connectivity index (χ3n) is 9.09. The van der Waals surface area contributed by atoms with Gasteiger partial charge in [-0.3, -0.25) is 9.59 Å². The molecule has 2 atom stereocenters. The van der Waals surface area contributed by atoms with Gasteiger partial charge in [-0.15, -0.1) is 0 Å². The first-order valence-corrected chi connectivity index (χ1v) is 21.5. The van der Waals surface area contributed by atoms with Crippen LogP contribution in [-0.4, -0.2) is 75.5 Å². The van der Waals surface area contributed by atoms with Crippen LogP contribution in [0, 0.1) is 0 Å². The molecule has 8 heteroatoms. The first-order chi connectivity index (χ1) is 26.6. The molecule has 0 fully saturated rings. The highest BCUT2D eigenvalue weighted by Crippen LogP contribution is 2.13. The lowest BCUT2D eigenvalue weighted by Gasteiger charge is -2.34. The van der Waals surface area contributed by atoms with Crippen LogP contribution < -0.4 is 5.11 Å². The number of hydrogen-bond acceptors (Lipinski definition) is 7. The Morgan fingerprint density at radius 1 is 0.564 bits per heavy atom. The van der Waals surface area contributed by atoms with Crippen molar-refractivity contribution in [1.82, 2.24) is 0 Å². The summed E-state index contributed by atoms with van der Waals surface area (Å²) in [5.74, 6) is -1.85. The summed E-state index contributed by atoms with van der Waals surface area (Å²) in [5.41, 5.74) is 0. The molecule has 8 nitrogen and oxygen atoms in total. The number of aliphatic carboxylic acids is 1. The lowest BCUT2D eigenvalue weighted by atomic mass is 10.1. The number of nitrogens with zero attached hydrogens (tertiary/aromatic N) is 1. The van der Waals surface area contributed by atoms with Crippen LogP contribution in [0.4, 0.5) is 0 Å². The van der Waals surface area contributed by atoms with Gasteiger partial charge in [-0.25, -0.2) is 0 Å². The van der Waals surface area contributed by atoms with Crippen LogP contribution in [0.25, 0.3) is 0 Å². The molecule has 0 aromatic rings. The van der Waals surface area contributed by atoms with Crippen LogP contribution in [0.1, 0.15) is 155 Å². The van der Waals surface area contributed by atoms with Crippen LogP contribution >= 0.6 is 0 Å². The normalized spacial score (nSPS) is 13.7. The summed E-state index contributed by atoms with van der Waals surface area (Å²) < 4.78 is 17.1. The molecule has 0 saturated carbocycles. The highest BCUT2D eigenvalue weighted by atomic mass is 16.6. The molecule has 0 amide bonds. The van der Waals surface area contributed by atoms with Crippen LogP contribution in [0.5, 0.6) is 0 Å². The Morgan fingerprint density at radius 2 is 1.05 bits per heavy atom. The zero-order valence-electron chi connectivity index (χ0n) is 35.6. The number of carboxylic acids is 1. The summed E-state index contributed by atoms with van der Waals surface area (Å²) in [5, 5.41) is 11.6. The standard InChI is InChI=1S/C47H79NO7/c1-6-8-10-12-14-16-18-20-22-24-25-27-29-31-33-35-37-45(49)54-42-43(41-53-40-39-44(47(51)52)48(3,4)5)55-46(50)38-36-34-32-30-28-26-23-21-19-17-15-13-11-9-7-2/h8,10,14,16-17,19-20,22,25,27,31,33,43-44H,6-7,9,11-13,15,18,21,23-24,26,28-30,32,34-42H2,1-5H3/b10-8+,16-14+,19-17+,22-20+,27-25+,33-31+. The second-order valence-electron chi connectivity index (χ2n) is 15.2. The van der Waals surface area contributed by atoms with E-state index < -0.39 is 18.1 Å². The molecule has 0 N–H and O–H groups in total. The molecule has 55 heavy (non-hydrogen) atoms. The summed E-state index contributed by atoms with van der Waals surface area (Å²) in [4.78, 5) is 36.8. The van der Waals surface area contributed by atoms with Crippen molar-refractivity contribution in [2.75, 3.05) is 41.0 Å². The lowest BCUT2D eigenvalue weighted by Crippen LogP contribution is -2.55. The first-order valence-electron chi connectivity index (χ1n) is 21.5. The van der Waals surface area contributed by atoms with E-state index in [4.69, 9.17) is 14.2 Å². The van der Waals surface area contributed by atoms with Crippen molar-refractivity contribution in [3.8, 4) is 0 Å². The van der Waals surface area contributed by atoms with Gasteiger partial charge in [0.05, 0.1) is 40.3 Å². The smallest absolute Gasteiger partial charge is 0.306 e. The Kier molecular flexibility index (Phi) is 35.5. The van der Waals surface area contributed by atoms with Gasteiger partial charge in [0.25, 0.3) is 0 Å². The number of carboxylic acid groups (broad SMARTS) is 1. The van der Waals surface area contributed by atoms with Gasteiger partial charge in [-0.05, 0) is 70.6 Å². The molecule has 0 radical (unpaired) electrons. The maximum Gasteiger partial charge on any atom is 0.306 e. The number of esters is 2. The highest BCUT2D eigenvalue weighted by Gasteiger charge is 2.25. The summed E-state index contributed by atoms with van der Waals surface area (Å²) in [6.45, 7) is 4.43. The largest absolute Gasteiger partial charge is 0.544 e. The number of hydrogen-bond donors (Lipinski definition) is 0. The number of allylic oxidation sites excluding steroid dienone is 12. The Morgan fingerprint density at radius 3 is 1.58 bits per heavy atom. The molecule has 0 aromatic carbocycles. The van der Waals surface area contributed by atoms with Crippen molar-refractivity contribution >= 4 is 17.9 Å². The molecular formula is C47H79NO7. The second-order valence-corrected chi connectivity index (χ2v) is 15.2. The fraction of sp³-hybridized carbons (Fsp3) is 0.681. The van der Waals surface area contributed by atoms with Crippen LogP contribution in [0.3, 0.4) is 0 Å². The molecule has 314 valence electrons. The summed E-state index contributed by atoms with van der Waals surface area (Å²) in [6.07, 6.45) is 46.5. The number of quaternary nitrogens is 1. The average molecular weight is 770 g/mol. The fourth-order valence-corrected chi connectivity index (χ4v) is 5.76. The van der Waals surface area contributed by atoms with Gasteiger partial charge in [-0.1, -0.05) is 138 Å². The minimum Gasteiger partial charge on any atom is -0.544 e. The Labute approximate surface area is 336 Å². The Hall–Kier alpha value is -3.23. The number of unbranched alkanes of at least 4 members (excludes halogenated alkanes) is 11. The Bertz CT molecular complexity index is 1130. The molecule has 0 aromatic heterocycles. The minimum absolute atomic E-state index is 0.0126. The van der Waals surface area contributed by atoms with E-state index in [1.807, 2.05) is 12.2 Å². The van der Waals surface area contributed by atoms with Crippen LogP contribution in [0.15, 0.2) is 72.9 Å². The quantitative estimate of drug-likeness (QED) is 0.0268. The molecule has 0 heterocycles. The molecule has 0 bridgehead atoms. The number of likely N-dealkylation sites (N-methyl/N-ethyl adjacent to an activating group) is 1. The van der Waals surface area contributed by atoms with Gasteiger partial charge >= 0.3 is 11.9 Å². The van der Waals surface area contributed by atoms with E-state index in [1.54, 1.807) is 21.1 Å². The topological polar surface area (TPSA) is 102 Å². The second kappa shape index (κ2) is 37.7. The minimum atomic E-state index is -1.14. The maximum absolute atomic E-state index is 12.7. The number of carbonyl (C=O) groups excluding carboxylic acids is 3. The van der Waals surface area contributed by atoms with E-state index in [2.05, 4.69) is 74.6 Å². The van der Waals surface area contributed by atoms with Gasteiger partial charge in [0, 0.05) is 19.3 Å². The van der Waals surface area contributed by atoms with Gasteiger partial charge in [0.15, 0.2) is 6.10 Å².